The summed E-state index contributed by atoms with van der Waals surface area (Å²) < 4.78 is 0. The smallest absolute Gasteiger partial charge is 0.0332 e. The van der Waals surface area contributed by atoms with E-state index in [1.54, 1.807) is 0 Å². The van der Waals surface area contributed by atoms with Gasteiger partial charge < -0.3 is 4.90 Å². The maximum Gasteiger partial charge on any atom is 0.0332 e. The van der Waals surface area contributed by atoms with Crippen LogP contribution in [0.5, 0.6) is 0 Å². The Hall–Kier alpha value is -0.500. The van der Waals surface area contributed by atoms with Gasteiger partial charge in [-0.25, -0.2) is 0 Å². The number of piperazine rings is 1. The van der Waals surface area contributed by atoms with E-state index in [2.05, 4.69) is 30.2 Å². The number of rotatable bonds is 3. The van der Waals surface area contributed by atoms with E-state index in [1.807, 2.05) is 0 Å². The van der Waals surface area contributed by atoms with Gasteiger partial charge in [0.05, 0.1) is 0 Å². The van der Waals surface area contributed by atoms with E-state index in [9.17, 15) is 0 Å². The predicted octanol–water partition coefficient (Wildman–Crippen LogP) is 2.47. The van der Waals surface area contributed by atoms with Crippen molar-refractivity contribution in [2.24, 2.45) is 5.92 Å². The highest BCUT2D eigenvalue weighted by molar-refractivity contribution is 5.11. The molecule has 0 radical (unpaired) electrons. The largest absolute Gasteiger partial charge is 0.372 e. The van der Waals surface area contributed by atoms with Gasteiger partial charge in [-0.1, -0.05) is 6.58 Å². The summed E-state index contributed by atoms with van der Waals surface area (Å²) in [6.45, 7) is 11.5. The summed E-state index contributed by atoms with van der Waals surface area (Å²) in [6.07, 6.45) is 5.58. The van der Waals surface area contributed by atoms with E-state index >= 15 is 0 Å². The second-order valence-electron chi connectivity index (χ2n) is 6.10. The molecule has 1 aliphatic carbocycles. The molecule has 0 N–H and O–H groups in total. The molecule has 2 heteroatoms. The van der Waals surface area contributed by atoms with Crippen LogP contribution >= 0.6 is 0 Å². The van der Waals surface area contributed by atoms with Crippen LogP contribution in [0.15, 0.2) is 12.3 Å². The minimum absolute atomic E-state index is 0.717. The first kappa shape index (κ1) is 10.6. The highest BCUT2D eigenvalue weighted by Crippen LogP contribution is 2.40. The van der Waals surface area contributed by atoms with Crippen LogP contribution < -0.4 is 0 Å². The third kappa shape index (κ3) is 1.67. The molecule has 0 aromatic heterocycles. The van der Waals surface area contributed by atoms with Crippen LogP contribution in [0.4, 0.5) is 0 Å². The lowest BCUT2D eigenvalue weighted by Crippen LogP contribution is -2.55. The van der Waals surface area contributed by atoms with Gasteiger partial charge in [-0.2, -0.15) is 0 Å². The van der Waals surface area contributed by atoms with Gasteiger partial charge in [0.15, 0.2) is 0 Å². The number of allylic oxidation sites excluding steroid dienone is 1. The van der Waals surface area contributed by atoms with Gasteiger partial charge in [0.2, 0.25) is 0 Å². The van der Waals surface area contributed by atoms with Crippen molar-refractivity contribution in [1.29, 1.82) is 0 Å². The van der Waals surface area contributed by atoms with Crippen molar-refractivity contribution in [3.63, 3.8) is 0 Å². The Kier molecular flexibility index (Phi) is 2.50. The van der Waals surface area contributed by atoms with Crippen LogP contribution in [-0.2, 0) is 0 Å². The summed E-state index contributed by atoms with van der Waals surface area (Å²) in [7, 11) is 0. The van der Waals surface area contributed by atoms with Crippen LogP contribution in [0, 0.1) is 5.92 Å². The Bertz CT molecular complexity index is 279. The number of hydrogen-bond acceptors (Lipinski definition) is 2. The van der Waals surface area contributed by atoms with E-state index < -0.39 is 0 Å². The van der Waals surface area contributed by atoms with E-state index in [-0.39, 0.29) is 0 Å². The molecule has 3 aliphatic rings. The summed E-state index contributed by atoms with van der Waals surface area (Å²) in [6, 6.07) is 2.32. The van der Waals surface area contributed by atoms with Crippen molar-refractivity contribution in [3.8, 4) is 0 Å². The number of hydrogen-bond donors (Lipinski definition) is 0. The normalized spacial score (nSPS) is 34.8. The summed E-state index contributed by atoms with van der Waals surface area (Å²) in [5.41, 5.74) is 1.44. The SMILES string of the molecule is C=C(C1CC1)N1CC2CCC(C1)N2C(C)C. The predicted molar refractivity (Wildman–Crippen MR) is 67.2 cm³/mol. The van der Waals surface area contributed by atoms with Gasteiger partial charge in [0, 0.05) is 36.9 Å². The monoisotopic (exact) mass is 220 g/mol. The van der Waals surface area contributed by atoms with Gasteiger partial charge >= 0.3 is 0 Å². The molecule has 0 aromatic carbocycles. The quantitative estimate of drug-likeness (QED) is 0.721. The van der Waals surface area contributed by atoms with Crippen molar-refractivity contribution in [3.05, 3.63) is 12.3 Å². The molecule has 0 aromatic rings. The topological polar surface area (TPSA) is 6.48 Å². The Morgan fingerprint density at radius 2 is 1.62 bits per heavy atom. The van der Waals surface area contributed by atoms with Crippen LogP contribution in [0.3, 0.4) is 0 Å². The lowest BCUT2D eigenvalue weighted by Gasteiger charge is -2.45. The summed E-state index contributed by atoms with van der Waals surface area (Å²) in [4.78, 5) is 5.34. The van der Waals surface area contributed by atoms with Crippen molar-refractivity contribution in [2.45, 2.75) is 57.7 Å². The van der Waals surface area contributed by atoms with Gasteiger partial charge in [-0.15, -0.1) is 0 Å². The molecule has 0 amide bonds. The molecule has 2 atom stereocenters. The van der Waals surface area contributed by atoms with Gasteiger partial charge in [0.25, 0.3) is 0 Å². The first-order valence-corrected chi connectivity index (χ1v) is 6.88. The molecule has 0 spiro atoms. The van der Waals surface area contributed by atoms with Crippen molar-refractivity contribution in [2.75, 3.05) is 13.1 Å². The highest BCUT2D eigenvalue weighted by atomic mass is 15.3. The van der Waals surface area contributed by atoms with E-state index in [0.717, 1.165) is 18.0 Å². The minimum Gasteiger partial charge on any atom is -0.372 e. The number of likely N-dealkylation sites (tertiary alicyclic amines) is 1. The van der Waals surface area contributed by atoms with Crippen LogP contribution in [0.1, 0.15) is 39.5 Å². The lowest BCUT2D eigenvalue weighted by atomic mass is 10.1. The summed E-state index contributed by atoms with van der Waals surface area (Å²) >= 11 is 0. The fourth-order valence-corrected chi connectivity index (χ4v) is 3.69. The minimum atomic E-state index is 0.717. The second kappa shape index (κ2) is 3.76. The molecule has 2 nitrogen and oxygen atoms in total. The standard InChI is InChI=1S/C14H24N2/c1-10(2)16-13-6-7-14(16)9-15(8-13)11(3)12-4-5-12/h10,12-14H,3-9H2,1-2H3. The molecule has 16 heavy (non-hydrogen) atoms. The number of fused-ring (bicyclic) bond motifs is 2. The van der Waals surface area contributed by atoms with E-state index in [0.29, 0.717) is 6.04 Å². The molecule has 2 saturated heterocycles. The van der Waals surface area contributed by atoms with E-state index in [1.165, 1.54) is 44.5 Å². The summed E-state index contributed by atoms with van der Waals surface area (Å²) in [5, 5.41) is 0. The third-order valence-electron chi connectivity index (χ3n) is 4.59. The molecule has 90 valence electrons. The fraction of sp³-hybridized carbons (Fsp3) is 0.857. The Morgan fingerprint density at radius 1 is 1.06 bits per heavy atom. The van der Waals surface area contributed by atoms with E-state index in [4.69, 9.17) is 0 Å². The average molecular weight is 220 g/mol. The molecular weight excluding hydrogens is 196 g/mol. The van der Waals surface area contributed by atoms with Crippen LogP contribution in [0.2, 0.25) is 0 Å². The van der Waals surface area contributed by atoms with Crippen LogP contribution in [0.25, 0.3) is 0 Å². The molecule has 2 unspecified atom stereocenters. The molecule has 2 heterocycles. The van der Waals surface area contributed by atoms with Crippen molar-refractivity contribution in [1.82, 2.24) is 9.80 Å². The maximum absolute atomic E-state index is 4.31. The third-order valence-corrected chi connectivity index (χ3v) is 4.59. The highest BCUT2D eigenvalue weighted by Gasteiger charge is 2.42. The molecule has 2 bridgehead atoms. The van der Waals surface area contributed by atoms with Gasteiger partial charge in [-0.05, 0) is 45.4 Å². The zero-order valence-electron chi connectivity index (χ0n) is 10.7. The second-order valence-corrected chi connectivity index (χ2v) is 6.10. The molecule has 1 saturated carbocycles. The fourth-order valence-electron chi connectivity index (χ4n) is 3.69. The first-order chi connectivity index (χ1) is 7.66. The van der Waals surface area contributed by atoms with Gasteiger partial charge in [-0.3, -0.25) is 4.90 Å². The Balaban J connectivity index is 1.69. The van der Waals surface area contributed by atoms with Crippen molar-refractivity contribution >= 4 is 0 Å². The van der Waals surface area contributed by atoms with Crippen molar-refractivity contribution < 1.29 is 0 Å². The molecule has 2 aliphatic heterocycles. The molecule has 3 rings (SSSR count). The Morgan fingerprint density at radius 3 is 2.06 bits per heavy atom. The molecule has 3 fully saturated rings. The van der Waals surface area contributed by atoms with Crippen LogP contribution in [-0.4, -0.2) is 41.0 Å². The average Bonchev–Trinajstić information content (AvgIpc) is 3.04. The maximum atomic E-state index is 4.31. The summed E-state index contributed by atoms with van der Waals surface area (Å²) in [5.74, 6) is 0.838. The Labute approximate surface area is 99.3 Å². The van der Waals surface area contributed by atoms with Gasteiger partial charge in [0.1, 0.15) is 0 Å². The number of nitrogens with zero attached hydrogens (tertiary/aromatic N) is 2. The lowest BCUT2D eigenvalue weighted by molar-refractivity contribution is 0.0578. The first-order valence-electron chi connectivity index (χ1n) is 6.88. The molecular formula is C14H24N2. The zero-order chi connectivity index (χ0) is 11.3. The zero-order valence-corrected chi connectivity index (χ0v) is 10.7.